The number of nitrogens with one attached hydrogen (secondary N) is 1. The highest BCUT2D eigenvalue weighted by molar-refractivity contribution is 7.91. The summed E-state index contributed by atoms with van der Waals surface area (Å²) in [4.78, 5) is 12.0. The summed E-state index contributed by atoms with van der Waals surface area (Å²) in [7, 11) is -2.61. The maximum absolute atomic E-state index is 12.3. The Balaban J connectivity index is 1.93. The van der Waals surface area contributed by atoms with Crippen LogP contribution in [0.1, 0.15) is 0 Å². The van der Waals surface area contributed by atoms with Gasteiger partial charge in [0.05, 0.1) is 10.9 Å². The molecular formula is C15H14ClF3N2O4S2. The second-order valence-corrected chi connectivity index (χ2v) is 9.28. The minimum Gasteiger partial charge on any atom is -0.484 e. The molecule has 1 aromatic heterocycles. The van der Waals surface area contributed by atoms with Crippen molar-refractivity contribution in [1.82, 2.24) is 4.31 Å². The number of anilines is 1. The van der Waals surface area contributed by atoms with Gasteiger partial charge in [-0.15, -0.1) is 11.3 Å². The fraction of sp³-hybridized carbons (Fsp3) is 0.267. The van der Waals surface area contributed by atoms with Gasteiger partial charge in [0.1, 0.15) is 9.96 Å². The molecule has 27 heavy (non-hydrogen) atoms. The minimum atomic E-state index is -4.45. The van der Waals surface area contributed by atoms with E-state index in [0.717, 1.165) is 15.6 Å². The molecule has 2 aromatic rings. The van der Waals surface area contributed by atoms with Crippen molar-refractivity contribution in [3.05, 3.63) is 40.7 Å². The van der Waals surface area contributed by atoms with E-state index >= 15 is 0 Å². The number of hydrogen-bond donors (Lipinski definition) is 1. The fourth-order valence-corrected chi connectivity index (χ4v) is 4.70. The first-order valence-electron chi connectivity index (χ1n) is 7.28. The third-order valence-electron chi connectivity index (χ3n) is 3.12. The van der Waals surface area contributed by atoms with Gasteiger partial charge in [-0.2, -0.15) is 17.5 Å². The Morgan fingerprint density at radius 2 is 1.85 bits per heavy atom. The van der Waals surface area contributed by atoms with Crippen molar-refractivity contribution in [1.29, 1.82) is 0 Å². The van der Waals surface area contributed by atoms with E-state index < -0.39 is 35.3 Å². The van der Waals surface area contributed by atoms with Crippen LogP contribution in [0.25, 0.3) is 0 Å². The summed E-state index contributed by atoms with van der Waals surface area (Å²) in [5, 5.41) is 2.46. The molecule has 0 bridgehead atoms. The zero-order valence-electron chi connectivity index (χ0n) is 13.8. The van der Waals surface area contributed by atoms with Crippen molar-refractivity contribution >= 4 is 44.6 Å². The molecule has 6 nitrogen and oxygen atoms in total. The van der Waals surface area contributed by atoms with Crippen LogP contribution in [0.15, 0.2) is 40.6 Å². The van der Waals surface area contributed by atoms with Crippen LogP contribution in [0.4, 0.5) is 18.9 Å². The molecule has 0 spiro atoms. The van der Waals surface area contributed by atoms with Crippen molar-refractivity contribution in [2.45, 2.75) is 10.4 Å². The lowest BCUT2D eigenvalue weighted by Gasteiger charge is -2.16. The van der Waals surface area contributed by atoms with Crippen LogP contribution in [0.3, 0.4) is 0 Å². The Morgan fingerprint density at radius 1 is 1.22 bits per heavy atom. The van der Waals surface area contributed by atoms with Gasteiger partial charge >= 0.3 is 6.18 Å². The highest BCUT2D eigenvalue weighted by atomic mass is 35.5. The number of thiophene rings is 1. The molecule has 1 aromatic carbocycles. The van der Waals surface area contributed by atoms with E-state index in [4.69, 9.17) is 11.6 Å². The predicted molar refractivity (Wildman–Crippen MR) is 95.8 cm³/mol. The first kappa shape index (κ1) is 21.5. The van der Waals surface area contributed by atoms with E-state index in [1.165, 1.54) is 43.4 Å². The van der Waals surface area contributed by atoms with E-state index in [1.54, 1.807) is 0 Å². The Kier molecular flexibility index (Phi) is 6.73. The molecule has 0 unspecified atom stereocenters. The van der Waals surface area contributed by atoms with Gasteiger partial charge in [0.25, 0.3) is 10.0 Å². The summed E-state index contributed by atoms with van der Waals surface area (Å²) >= 11 is 6.60. The highest BCUT2D eigenvalue weighted by Gasteiger charge is 2.28. The van der Waals surface area contributed by atoms with Gasteiger partial charge in [-0.3, -0.25) is 4.79 Å². The molecule has 12 heteroatoms. The molecule has 1 heterocycles. The van der Waals surface area contributed by atoms with Gasteiger partial charge in [0, 0.05) is 12.7 Å². The summed E-state index contributed by atoms with van der Waals surface area (Å²) < 4.78 is 66.7. The van der Waals surface area contributed by atoms with Crippen LogP contribution in [-0.2, 0) is 14.8 Å². The molecule has 2 rings (SSSR count). The van der Waals surface area contributed by atoms with Crippen molar-refractivity contribution in [2.75, 3.05) is 25.5 Å². The number of halogens is 4. The number of nitrogens with zero attached hydrogens (tertiary/aromatic N) is 1. The predicted octanol–water partition coefficient (Wildman–Crippen LogP) is 3.60. The SMILES string of the molecule is CN(CC(=O)Nc1ccc(OCC(F)(F)F)cc1)S(=O)(=O)c1ccc(Cl)s1. The second-order valence-electron chi connectivity index (χ2n) is 5.30. The Morgan fingerprint density at radius 3 is 2.37 bits per heavy atom. The molecule has 0 saturated heterocycles. The molecule has 0 aliphatic carbocycles. The van der Waals surface area contributed by atoms with Crippen molar-refractivity contribution in [3.8, 4) is 5.75 Å². The van der Waals surface area contributed by atoms with Gasteiger partial charge in [-0.25, -0.2) is 8.42 Å². The van der Waals surface area contributed by atoms with Crippen LogP contribution in [0, 0.1) is 0 Å². The Bertz CT molecular complexity index is 899. The number of rotatable bonds is 7. The van der Waals surface area contributed by atoms with Gasteiger partial charge in [0.15, 0.2) is 6.61 Å². The van der Waals surface area contributed by atoms with Crippen molar-refractivity contribution in [2.24, 2.45) is 0 Å². The van der Waals surface area contributed by atoms with Gasteiger partial charge in [-0.1, -0.05) is 11.6 Å². The molecule has 1 amide bonds. The monoisotopic (exact) mass is 442 g/mol. The number of ether oxygens (including phenoxy) is 1. The first-order valence-corrected chi connectivity index (χ1v) is 9.92. The van der Waals surface area contributed by atoms with Crippen molar-refractivity contribution < 1.29 is 31.1 Å². The lowest BCUT2D eigenvalue weighted by atomic mass is 10.3. The quantitative estimate of drug-likeness (QED) is 0.710. The van der Waals surface area contributed by atoms with E-state index in [1.807, 2.05) is 0 Å². The zero-order valence-corrected chi connectivity index (χ0v) is 16.2. The molecule has 0 aliphatic heterocycles. The Hall–Kier alpha value is -1.82. The van der Waals surface area contributed by atoms with E-state index in [0.29, 0.717) is 4.34 Å². The molecular weight excluding hydrogens is 429 g/mol. The summed E-state index contributed by atoms with van der Waals surface area (Å²) in [6.45, 7) is -1.88. The van der Waals surface area contributed by atoms with Crippen LogP contribution < -0.4 is 10.1 Å². The molecule has 0 radical (unpaired) electrons. The standard InChI is InChI=1S/C15H14ClF3N2O4S2/c1-21(27(23,24)14-7-6-12(16)26-14)8-13(22)20-10-2-4-11(5-3-10)25-9-15(17,18)19/h2-7H,8-9H2,1H3,(H,20,22). The Labute approximate surface area is 162 Å². The number of sulfonamides is 1. The summed E-state index contributed by atoms with van der Waals surface area (Å²) in [6.07, 6.45) is -4.45. The topological polar surface area (TPSA) is 75.7 Å². The lowest BCUT2D eigenvalue weighted by molar-refractivity contribution is -0.153. The third kappa shape index (κ3) is 6.38. The second kappa shape index (κ2) is 8.46. The van der Waals surface area contributed by atoms with Crippen molar-refractivity contribution in [3.63, 3.8) is 0 Å². The number of benzene rings is 1. The number of carbonyl (C=O) groups excluding carboxylic acids is 1. The lowest BCUT2D eigenvalue weighted by Crippen LogP contribution is -2.34. The van der Waals surface area contributed by atoms with Gasteiger partial charge in [0.2, 0.25) is 5.91 Å². The van der Waals surface area contributed by atoms with Gasteiger partial charge in [-0.05, 0) is 36.4 Å². The average molecular weight is 443 g/mol. The molecule has 0 fully saturated rings. The number of amides is 1. The normalized spacial score (nSPS) is 12.2. The van der Waals surface area contributed by atoms with Crippen LogP contribution >= 0.6 is 22.9 Å². The van der Waals surface area contributed by atoms with E-state index in [9.17, 15) is 26.4 Å². The summed E-state index contributed by atoms with van der Waals surface area (Å²) in [6, 6.07) is 7.99. The largest absolute Gasteiger partial charge is 0.484 e. The number of alkyl halides is 3. The van der Waals surface area contributed by atoms with Crippen LogP contribution in [0.2, 0.25) is 4.34 Å². The third-order valence-corrected chi connectivity index (χ3v) is 6.62. The maximum atomic E-state index is 12.3. The molecule has 148 valence electrons. The smallest absolute Gasteiger partial charge is 0.422 e. The maximum Gasteiger partial charge on any atom is 0.422 e. The first-order chi connectivity index (χ1) is 12.5. The number of likely N-dealkylation sites (N-methyl/N-ethyl adjacent to an activating group) is 1. The molecule has 1 N–H and O–H groups in total. The summed E-state index contributed by atoms with van der Waals surface area (Å²) in [5.41, 5.74) is 0.282. The molecule has 0 saturated carbocycles. The van der Waals surface area contributed by atoms with Crippen LogP contribution in [-0.4, -0.2) is 45.0 Å². The number of carbonyl (C=O) groups is 1. The van der Waals surface area contributed by atoms with E-state index in [2.05, 4.69) is 10.1 Å². The van der Waals surface area contributed by atoms with Crippen LogP contribution in [0.5, 0.6) is 5.75 Å². The fourth-order valence-electron chi connectivity index (χ4n) is 1.88. The minimum absolute atomic E-state index is 0.00830. The molecule has 0 aliphatic rings. The zero-order chi connectivity index (χ0) is 20.2. The molecule has 0 atom stereocenters. The summed E-state index contributed by atoms with van der Waals surface area (Å²) in [5.74, 6) is -0.632. The average Bonchev–Trinajstić information content (AvgIpc) is 3.00. The number of hydrogen-bond acceptors (Lipinski definition) is 5. The van der Waals surface area contributed by atoms with E-state index in [-0.39, 0.29) is 15.6 Å². The van der Waals surface area contributed by atoms with Gasteiger partial charge < -0.3 is 10.1 Å². The highest BCUT2D eigenvalue weighted by Crippen LogP contribution is 2.27.